The summed E-state index contributed by atoms with van der Waals surface area (Å²) in [6, 6.07) is 26.1. The molecule has 190 valence electrons. The monoisotopic (exact) mass is 506 g/mol. The summed E-state index contributed by atoms with van der Waals surface area (Å²) in [5.74, 6) is 0.838. The molecule has 0 aliphatic rings. The van der Waals surface area contributed by atoms with Crippen molar-refractivity contribution in [2.75, 3.05) is 13.2 Å². The van der Waals surface area contributed by atoms with Gasteiger partial charge in [-0.15, -0.1) is 0 Å². The molecule has 0 saturated heterocycles. The Kier molecular flexibility index (Phi) is 10.8. The first-order valence-corrected chi connectivity index (χ1v) is 12.8. The van der Waals surface area contributed by atoms with Crippen LogP contribution in [0.25, 0.3) is 0 Å². The van der Waals surface area contributed by atoms with Gasteiger partial charge >= 0.3 is 0 Å². The molecule has 3 aromatic carbocycles. The van der Waals surface area contributed by atoms with E-state index in [9.17, 15) is 9.59 Å². The van der Waals surface area contributed by atoms with Crippen LogP contribution in [0.5, 0.6) is 5.75 Å². The number of nitrogens with zero attached hydrogens (tertiary/aromatic N) is 1. The van der Waals surface area contributed by atoms with E-state index >= 15 is 0 Å². The molecule has 6 heteroatoms. The van der Waals surface area contributed by atoms with Gasteiger partial charge < -0.3 is 15.0 Å². The third-order valence-electron chi connectivity index (χ3n) is 5.74. The van der Waals surface area contributed by atoms with E-state index < -0.39 is 6.04 Å². The largest absolute Gasteiger partial charge is 0.494 e. The molecular formula is C30H35ClN2O3. The van der Waals surface area contributed by atoms with Gasteiger partial charge in [-0.05, 0) is 47.7 Å². The van der Waals surface area contributed by atoms with Crippen molar-refractivity contribution in [1.29, 1.82) is 0 Å². The summed E-state index contributed by atoms with van der Waals surface area (Å²) in [4.78, 5) is 28.7. The highest BCUT2D eigenvalue weighted by molar-refractivity contribution is 6.30. The first-order valence-electron chi connectivity index (χ1n) is 12.5. The highest BCUT2D eigenvalue weighted by Crippen LogP contribution is 2.19. The van der Waals surface area contributed by atoms with Crippen molar-refractivity contribution in [2.45, 2.75) is 45.7 Å². The minimum atomic E-state index is -0.646. The predicted molar refractivity (Wildman–Crippen MR) is 145 cm³/mol. The summed E-state index contributed by atoms with van der Waals surface area (Å²) in [5, 5.41) is 3.64. The lowest BCUT2D eigenvalue weighted by molar-refractivity contribution is -0.141. The number of rotatable bonds is 13. The van der Waals surface area contributed by atoms with Gasteiger partial charge in [0.25, 0.3) is 0 Å². The van der Waals surface area contributed by atoms with Gasteiger partial charge in [0.15, 0.2) is 0 Å². The molecule has 0 heterocycles. The second-order valence-corrected chi connectivity index (χ2v) is 9.70. The molecule has 0 bridgehead atoms. The molecule has 0 radical (unpaired) electrons. The lowest BCUT2D eigenvalue weighted by atomic mass is 10.0. The number of carbonyl (C=O) groups excluding carboxylic acids is 2. The van der Waals surface area contributed by atoms with Gasteiger partial charge in [-0.2, -0.15) is 0 Å². The third-order valence-corrected chi connectivity index (χ3v) is 5.98. The van der Waals surface area contributed by atoms with E-state index in [2.05, 4.69) is 5.32 Å². The Bertz CT molecular complexity index is 1090. The summed E-state index contributed by atoms with van der Waals surface area (Å²) in [6.45, 7) is 5.37. The highest BCUT2D eigenvalue weighted by Gasteiger charge is 2.30. The molecule has 5 nitrogen and oxygen atoms in total. The summed E-state index contributed by atoms with van der Waals surface area (Å²) in [6.07, 6.45) is 1.25. The molecule has 0 fully saturated rings. The number of benzene rings is 3. The van der Waals surface area contributed by atoms with E-state index in [1.807, 2.05) is 92.7 Å². The second-order valence-electron chi connectivity index (χ2n) is 9.26. The third kappa shape index (κ3) is 9.04. The van der Waals surface area contributed by atoms with E-state index in [0.29, 0.717) is 43.5 Å². The quantitative estimate of drug-likeness (QED) is 0.293. The zero-order valence-electron chi connectivity index (χ0n) is 21.0. The van der Waals surface area contributed by atoms with Crippen molar-refractivity contribution in [3.05, 3.63) is 101 Å². The fraction of sp³-hybridized carbons (Fsp3) is 0.333. The van der Waals surface area contributed by atoms with Crippen LogP contribution in [0.1, 0.15) is 37.8 Å². The molecule has 0 spiro atoms. The lowest BCUT2D eigenvalue weighted by Crippen LogP contribution is -2.51. The summed E-state index contributed by atoms with van der Waals surface area (Å²) in [7, 11) is 0. The number of nitrogens with one attached hydrogen (secondary N) is 1. The van der Waals surface area contributed by atoms with Crippen molar-refractivity contribution >= 4 is 23.4 Å². The molecule has 0 saturated carbocycles. The van der Waals surface area contributed by atoms with Crippen LogP contribution in [0.2, 0.25) is 5.02 Å². The molecule has 3 aromatic rings. The normalized spacial score (nSPS) is 11.7. The van der Waals surface area contributed by atoms with E-state index in [4.69, 9.17) is 16.3 Å². The van der Waals surface area contributed by atoms with Gasteiger partial charge in [0.1, 0.15) is 11.8 Å². The number of hydrogen-bond acceptors (Lipinski definition) is 3. The molecule has 0 aliphatic heterocycles. The zero-order valence-corrected chi connectivity index (χ0v) is 21.8. The molecule has 2 amide bonds. The van der Waals surface area contributed by atoms with Crippen molar-refractivity contribution in [2.24, 2.45) is 5.92 Å². The molecule has 36 heavy (non-hydrogen) atoms. The van der Waals surface area contributed by atoms with Gasteiger partial charge in [0, 0.05) is 31.0 Å². The number of hydrogen-bond donors (Lipinski definition) is 1. The van der Waals surface area contributed by atoms with E-state index in [-0.39, 0.29) is 18.2 Å². The van der Waals surface area contributed by atoms with E-state index in [1.165, 1.54) is 0 Å². The molecular weight excluding hydrogens is 472 g/mol. The van der Waals surface area contributed by atoms with Gasteiger partial charge in [-0.3, -0.25) is 9.59 Å². The minimum Gasteiger partial charge on any atom is -0.494 e. The van der Waals surface area contributed by atoms with Crippen LogP contribution in [0.15, 0.2) is 84.9 Å². The topological polar surface area (TPSA) is 58.6 Å². The Hall–Kier alpha value is -3.31. The number of halogens is 1. The standard InChI is InChI=1S/C30H35ClN2O3/c1-23(2)21-32-30(35)28(20-24-11-5-3-6-12-24)33(22-25-13-9-14-26(31)19-25)29(34)17-10-18-36-27-15-7-4-8-16-27/h3-9,11-16,19,23,28H,10,17-18,20-22H2,1-2H3,(H,32,35)/t28-/m0/s1. The average Bonchev–Trinajstić information content (AvgIpc) is 2.88. The lowest BCUT2D eigenvalue weighted by Gasteiger charge is -2.32. The van der Waals surface area contributed by atoms with E-state index in [0.717, 1.165) is 16.9 Å². The number of amides is 2. The van der Waals surface area contributed by atoms with Crippen molar-refractivity contribution in [1.82, 2.24) is 10.2 Å². The first-order chi connectivity index (χ1) is 17.4. The van der Waals surface area contributed by atoms with Crippen LogP contribution in [-0.2, 0) is 22.6 Å². The van der Waals surface area contributed by atoms with Crippen LogP contribution in [-0.4, -0.2) is 35.9 Å². The molecule has 0 unspecified atom stereocenters. The fourth-order valence-corrected chi connectivity index (χ4v) is 4.10. The van der Waals surface area contributed by atoms with Gasteiger partial charge in [0.2, 0.25) is 11.8 Å². The second kappa shape index (κ2) is 14.3. The van der Waals surface area contributed by atoms with Gasteiger partial charge in [-0.1, -0.05) is 86.1 Å². The Morgan fingerprint density at radius 1 is 0.917 bits per heavy atom. The molecule has 1 N–H and O–H groups in total. The number of para-hydroxylation sites is 1. The van der Waals surface area contributed by atoms with E-state index in [1.54, 1.807) is 11.0 Å². The predicted octanol–water partition coefficient (Wildman–Crippen LogP) is 5.91. The van der Waals surface area contributed by atoms with Crippen molar-refractivity contribution in [3.63, 3.8) is 0 Å². The zero-order chi connectivity index (χ0) is 25.8. The Balaban J connectivity index is 1.79. The number of carbonyl (C=O) groups is 2. The summed E-state index contributed by atoms with van der Waals surface area (Å²) >= 11 is 6.23. The smallest absolute Gasteiger partial charge is 0.243 e. The molecule has 1 atom stereocenters. The van der Waals surface area contributed by atoms with Crippen molar-refractivity contribution in [3.8, 4) is 5.75 Å². The Labute approximate surface area is 219 Å². The maximum absolute atomic E-state index is 13.6. The van der Waals surface area contributed by atoms with Crippen molar-refractivity contribution < 1.29 is 14.3 Å². The average molecular weight is 507 g/mol. The van der Waals surface area contributed by atoms with Crippen LogP contribution < -0.4 is 10.1 Å². The maximum atomic E-state index is 13.6. The molecule has 3 rings (SSSR count). The summed E-state index contributed by atoms with van der Waals surface area (Å²) < 4.78 is 5.77. The van der Waals surface area contributed by atoms with Crippen LogP contribution in [0.4, 0.5) is 0 Å². The maximum Gasteiger partial charge on any atom is 0.243 e. The minimum absolute atomic E-state index is 0.0905. The van der Waals surface area contributed by atoms with Gasteiger partial charge in [0.05, 0.1) is 6.61 Å². The highest BCUT2D eigenvalue weighted by atomic mass is 35.5. The molecule has 0 aromatic heterocycles. The van der Waals surface area contributed by atoms with Crippen LogP contribution in [0, 0.1) is 5.92 Å². The molecule has 0 aliphatic carbocycles. The Morgan fingerprint density at radius 3 is 2.25 bits per heavy atom. The summed E-state index contributed by atoms with van der Waals surface area (Å²) in [5.41, 5.74) is 1.88. The van der Waals surface area contributed by atoms with Gasteiger partial charge in [-0.25, -0.2) is 0 Å². The van der Waals surface area contributed by atoms with Crippen LogP contribution in [0.3, 0.4) is 0 Å². The fourth-order valence-electron chi connectivity index (χ4n) is 3.88. The van der Waals surface area contributed by atoms with Crippen LogP contribution >= 0.6 is 11.6 Å². The Morgan fingerprint density at radius 2 is 1.58 bits per heavy atom. The SMILES string of the molecule is CC(C)CNC(=O)[C@H](Cc1ccccc1)N(Cc1cccc(Cl)c1)C(=O)CCCOc1ccccc1. The first kappa shape index (κ1) is 27.3. The number of ether oxygens (including phenoxy) is 1.